The maximum absolute atomic E-state index is 9.16. The Morgan fingerprint density at radius 2 is 2.24 bits per heavy atom. The van der Waals surface area contributed by atoms with Crippen LogP contribution in [0.15, 0.2) is 0 Å². The molecule has 3 nitrogen and oxygen atoms in total. The van der Waals surface area contributed by atoms with E-state index in [0.29, 0.717) is 5.92 Å². The molecule has 1 saturated heterocycles. The van der Waals surface area contributed by atoms with Crippen LogP contribution in [0.25, 0.3) is 0 Å². The summed E-state index contributed by atoms with van der Waals surface area (Å²) in [6.07, 6.45) is 1.19. The molecule has 1 unspecified atom stereocenters. The Bertz CT molecular complexity index is 456. The summed E-state index contributed by atoms with van der Waals surface area (Å²) in [5, 5.41) is 10.1. The molecule has 17 heavy (non-hydrogen) atoms. The fourth-order valence-corrected chi connectivity index (χ4v) is 3.31. The Morgan fingerprint density at radius 1 is 1.53 bits per heavy atom. The van der Waals surface area contributed by atoms with Gasteiger partial charge >= 0.3 is 0 Å². The lowest BCUT2D eigenvalue weighted by Crippen LogP contribution is -2.15. The van der Waals surface area contributed by atoms with Gasteiger partial charge in [-0.05, 0) is 40.8 Å². The first-order valence-electron chi connectivity index (χ1n) is 6.01. The molecule has 0 saturated carbocycles. The third-order valence-electron chi connectivity index (χ3n) is 3.42. The van der Waals surface area contributed by atoms with Gasteiger partial charge in [-0.2, -0.15) is 5.26 Å². The molecule has 1 fully saturated rings. The molecule has 1 aliphatic rings. The van der Waals surface area contributed by atoms with E-state index in [2.05, 4.69) is 24.9 Å². The normalized spacial score (nSPS) is 21.7. The largest absolute Gasteiger partial charge is 0.306 e. The van der Waals surface area contributed by atoms with Crippen molar-refractivity contribution >= 4 is 11.3 Å². The molecule has 1 atom stereocenters. The van der Waals surface area contributed by atoms with Crippen molar-refractivity contribution in [3.05, 3.63) is 15.6 Å². The second-order valence-corrected chi connectivity index (χ2v) is 6.65. The third kappa shape index (κ3) is 2.36. The zero-order valence-electron chi connectivity index (χ0n) is 10.9. The maximum atomic E-state index is 9.16. The first kappa shape index (κ1) is 12.5. The van der Waals surface area contributed by atoms with E-state index in [1.807, 2.05) is 13.8 Å². The second-order valence-electron chi connectivity index (χ2n) is 5.45. The first-order chi connectivity index (χ1) is 7.94. The average Bonchev–Trinajstić information content (AvgIpc) is 2.85. The van der Waals surface area contributed by atoms with Gasteiger partial charge in [-0.25, -0.2) is 4.98 Å². The van der Waals surface area contributed by atoms with Crippen LogP contribution in [0, 0.1) is 18.3 Å². The predicted octanol–water partition coefficient (Wildman–Crippen LogP) is 2.67. The van der Waals surface area contributed by atoms with E-state index in [9.17, 15) is 0 Å². The number of aryl methyl sites for hydroxylation is 1. The molecular weight excluding hydrogens is 230 g/mol. The van der Waals surface area contributed by atoms with Crippen LogP contribution in [0.1, 0.15) is 41.8 Å². The molecule has 0 spiro atoms. The van der Waals surface area contributed by atoms with Crippen molar-refractivity contribution < 1.29 is 0 Å². The van der Waals surface area contributed by atoms with E-state index < -0.39 is 5.41 Å². The number of hydrogen-bond acceptors (Lipinski definition) is 4. The molecule has 0 N–H and O–H groups in total. The Balaban J connectivity index is 2.29. The first-order valence-corrected chi connectivity index (χ1v) is 6.83. The van der Waals surface area contributed by atoms with Crippen molar-refractivity contribution in [3.8, 4) is 6.07 Å². The van der Waals surface area contributed by atoms with Gasteiger partial charge in [0, 0.05) is 17.3 Å². The lowest BCUT2D eigenvalue weighted by Gasteiger charge is -2.11. The summed E-state index contributed by atoms with van der Waals surface area (Å²) in [5.41, 5.74) is 0.760. The molecular formula is C13H19N3S. The van der Waals surface area contributed by atoms with E-state index in [1.165, 1.54) is 17.0 Å². The van der Waals surface area contributed by atoms with Gasteiger partial charge in [0.25, 0.3) is 0 Å². The van der Waals surface area contributed by atoms with Crippen LogP contribution in [0.3, 0.4) is 0 Å². The van der Waals surface area contributed by atoms with Gasteiger partial charge in [0.1, 0.15) is 10.4 Å². The van der Waals surface area contributed by atoms with Crippen molar-refractivity contribution in [2.45, 2.75) is 38.5 Å². The minimum Gasteiger partial charge on any atom is -0.306 e. The highest BCUT2D eigenvalue weighted by Crippen LogP contribution is 2.35. The highest BCUT2D eigenvalue weighted by molar-refractivity contribution is 7.11. The van der Waals surface area contributed by atoms with Gasteiger partial charge in [0.2, 0.25) is 0 Å². The molecule has 0 aliphatic carbocycles. The van der Waals surface area contributed by atoms with Crippen molar-refractivity contribution in [2.75, 3.05) is 20.1 Å². The molecule has 0 bridgehead atoms. The van der Waals surface area contributed by atoms with Crippen LogP contribution < -0.4 is 0 Å². The summed E-state index contributed by atoms with van der Waals surface area (Å²) in [5.74, 6) is 0.555. The summed E-state index contributed by atoms with van der Waals surface area (Å²) in [6.45, 7) is 8.25. The topological polar surface area (TPSA) is 39.9 Å². The molecule has 1 aromatic rings. The van der Waals surface area contributed by atoms with Crippen molar-refractivity contribution in [1.82, 2.24) is 9.88 Å². The number of likely N-dealkylation sites (N-methyl/N-ethyl adjacent to an activating group) is 1. The number of rotatable bonds is 2. The van der Waals surface area contributed by atoms with Crippen LogP contribution in [-0.4, -0.2) is 30.0 Å². The van der Waals surface area contributed by atoms with Gasteiger partial charge in [-0.15, -0.1) is 11.3 Å². The fourth-order valence-electron chi connectivity index (χ4n) is 2.26. The quantitative estimate of drug-likeness (QED) is 0.809. The summed E-state index contributed by atoms with van der Waals surface area (Å²) in [6, 6.07) is 2.34. The van der Waals surface area contributed by atoms with Crippen molar-refractivity contribution in [1.29, 1.82) is 5.26 Å². The Morgan fingerprint density at radius 3 is 2.76 bits per heavy atom. The lowest BCUT2D eigenvalue weighted by atomic mass is 9.97. The molecule has 4 heteroatoms. The molecule has 2 heterocycles. The van der Waals surface area contributed by atoms with Crippen LogP contribution in [0.2, 0.25) is 0 Å². The number of nitrogens with zero attached hydrogens (tertiary/aromatic N) is 3. The summed E-state index contributed by atoms with van der Waals surface area (Å²) < 4.78 is 0. The minimum absolute atomic E-state index is 0.460. The SMILES string of the molecule is Cc1sc(C(C)(C)C#N)nc1C1CCN(C)C1. The zero-order chi connectivity index (χ0) is 12.6. The number of hydrogen-bond donors (Lipinski definition) is 0. The second kappa shape index (κ2) is 4.40. The molecule has 1 aromatic heterocycles. The smallest absolute Gasteiger partial charge is 0.113 e. The van der Waals surface area contributed by atoms with Gasteiger partial charge < -0.3 is 4.90 Å². The minimum atomic E-state index is -0.460. The molecule has 1 aliphatic heterocycles. The van der Waals surface area contributed by atoms with Crippen LogP contribution >= 0.6 is 11.3 Å². The van der Waals surface area contributed by atoms with E-state index in [0.717, 1.165) is 18.1 Å². The highest BCUT2D eigenvalue weighted by Gasteiger charge is 2.29. The summed E-state index contributed by atoms with van der Waals surface area (Å²) >= 11 is 1.68. The van der Waals surface area contributed by atoms with E-state index >= 15 is 0 Å². The Labute approximate surface area is 107 Å². The summed E-state index contributed by atoms with van der Waals surface area (Å²) in [7, 11) is 2.15. The predicted molar refractivity (Wildman–Crippen MR) is 70.3 cm³/mol. The number of aromatic nitrogens is 1. The van der Waals surface area contributed by atoms with E-state index in [1.54, 1.807) is 11.3 Å². The highest BCUT2D eigenvalue weighted by atomic mass is 32.1. The lowest BCUT2D eigenvalue weighted by molar-refractivity contribution is 0.410. The zero-order valence-corrected chi connectivity index (χ0v) is 11.8. The van der Waals surface area contributed by atoms with Crippen LogP contribution in [0.5, 0.6) is 0 Å². The molecule has 2 rings (SSSR count). The molecule has 0 aromatic carbocycles. The standard InChI is InChI=1S/C13H19N3S/c1-9-11(10-5-6-16(4)7-10)15-12(17-9)13(2,3)8-14/h10H,5-7H2,1-4H3. The third-order valence-corrected chi connectivity index (χ3v) is 4.73. The number of thiazole rings is 1. The fraction of sp³-hybridized carbons (Fsp3) is 0.692. The van der Waals surface area contributed by atoms with Gasteiger partial charge in [0.05, 0.1) is 11.8 Å². The number of nitriles is 1. The van der Waals surface area contributed by atoms with E-state index in [-0.39, 0.29) is 0 Å². The van der Waals surface area contributed by atoms with Crippen molar-refractivity contribution in [3.63, 3.8) is 0 Å². The molecule has 0 radical (unpaired) electrons. The van der Waals surface area contributed by atoms with Crippen molar-refractivity contribution in [2.24, 2.45) is 0 Å². The summed E-state index contributed by atoms with van der Waals surface area (Å²) in [4.78, 5) is 8.37. The van der Waals surface area contributed by atoms with Gasteiger partial charge in [-0.1, -0.05) is 0 Å². The average molecular weight is 249 g/mol. The molecule has 92 valence electrons. The van der Waals surface area contributed by atoms with E-state index in [4.69, 9.17) is 10.2 Å². The van der Waals surface area contributed by atoms with Crippen LogP contribution in [0.4, 0.5) is 0 Å². The Hall–Kier alpha value is -0.920. The van der Waals surface area contributed by atoms with Crippen LogP contribution in [-0.2, 0) is 5.41 Å². The van der Waals surface area contributed by atoms with Gasteiger partial charge in [-0.3, -0.25) is 0 Å². The Kier molecular flexibility index (Phi) is 3.24. The van der Waals surface area contributed by atoms with Gasteiger partial charge in [0.15, 0.2) is 0 Å². The molecule has 0 amide bonds. The maximum Gasteiger partial charge on any atom is 0.113 e. The monoisotopic (exact) mass is 249 g/mol. The number of likely N-dealkylation sites (tertiary alicyclic amines) is 1.